The number of pyridine rings is 1. The molecule has 0 spiro atoms. The lowest BCUT2D eigenvalue weighted by Crippen LogP contribution is -2.17. The second-order valence-electron chi connectivity index (χ2n) is 4.21. The van der Waals surface area contributed by atoms with Gasteiger partial charge in [-0.05, 0) is 38.1 Å². The number of nitrogens with zero attached hydrogens (tertiary/aromatic N) is 2. The highest BCUT2D eigenvalue weighted by Gasteiger charge is 2.21. The highest BCUT2D eigenvalue weighted by molar-refractivity contribution is 5.70. The molecule has 2 heterocycles. The first-order chi connectivity index (χ1) is 8.69. The molecule has 1 unspecified atom stereocenters. The van der Waals surface area contributed by atoms with Crippen molar-refractivity contribution in [2.75, 3.05) is 27.2 Å². The number of likely N-dealkylation sites (tertiary alicyclic amines) is 1. The Hall–Kier alpha value is -1.46. The molecule has 1 aromatic rings. The normalized spacial score (nSPS) is 18.9. The summed E-state index contributed by atoms with van der Waals surface area (Å²) in [6.45, 7) is 1.19. The van der Waals surface area contributed by atoms with Crippen LogP contribution in [-0.4, -0.2) is 43.1 Å². The molecule has 0 aliphatic carbocycles. The van der Waals surface area contributed by atoms with E-state index in [1.54, 1.807) is 0 Å². The molecule has 1 saturated heterocycles. The number of carbonyl (C=O) groups is 1. The second kappa shape index (κ2) is 7.79. The first-order valence-corrected chi connectivity index (χ1v) is 6.06. The van der Waals surface area contributed by atoms with Crippen LogP contribution >= 0.6 is 0 Å². The molecule has 1 aromatic heterocycles. The van der Waals surface area contributed by atoms with E-state index >= 15 is 0 Å². The molecule has 0 saturated carbocycles. The third kappa shape index (κ3) is 4.43. The fraction of sp³-hybridized carbons (Fsp3) is 0.538. The second-order valence-corrected chi connectivity index (χ2v) is 4.21. The summed E-state index contributed by atoms with van der Waals surface area (Å²) in [5.41, 5.74) is 6.17. The average Bonchev–Trinajstić information content (AvgIpc) is 2.86. The van der Waals surface area contributed by atoms with E-state index in [-0.39, 0.29) is 12.5 Å². The predicted molar refractivity (Wildman–Crippen MR) is 69.9 cm³/mol. The van der Waals surface area contributed by atoms with Gasteiger partial charge in [-0.1, -0.05) is 6.07 Å². The Labute approximate surface area is 108 Å². The van der Waals surface area contributed by atoms with Crippen molar-refractivity contribution in [3.8, 4) is 0 Å². The van der Waals surface area contributed by atoms with Crippen LogP contribution in [0.15, 0.2) is 24.5 Å². The third-order valence-corrected chi connectivity index (χ3v) is 2.98. The fourth-order valence-corrected chi connectivity index (χ4v) is 1.99. The lowest BCUT2D eigenvalue weighted by Gasteiger charge is -2.18. The average molecular weight is 251 g/mol. The minimum Gasteiger partial charge on any atom is -0.468 e. The number of aromatic nitrogens is 1. The molecule has 18 heavy (non-hydrogen) atoms. The van der Waals surface area contributed by atoms with E-state index in [2.05, 4.69) is 27.7 Å². The van der Waals surface area contributed by atoms with Crippen LogP contribution in [0.25, 0.3) is 0 Å². The summed E-state index contributed by atoms with van der Waals surface area (Å²) in [6.07, 6.45) is 6.41. The smallest absolute Gasteiger partial charge is 0.319 e. The third-order valence-electron chi connectivity index (χ3n) is 2.98. The number of hydrogen-bond donors (Lipinski definition) is 1. The van der Waals surface area contributed by atoms with Gasteiger partial charge in [0.05, 0.1) is 13.7 Å². The minimum absolute atomic E-state index is 0.0312. The van der Waals surface area contributed by atoms with Crippen molar-refractivity contribution in [1.29, 1.82) is 0 Å². The molecule has 2 N–H and O–H groups in total. The first-order valence-electron chi connectivity index (χ1n) is 6.06. The Balaban J connectivity index is 0.000000232. The largest absolute Gasteiger partial charge is 0.468 e. The molecule has 100 valence electrons. The van der Waals surface area contributed by atoms with Crippen LogP contribution in [0, 0.1) is 0 Å². The highest BCUT2D eigenvalue weighted by Crippen LogP contribution is 2.29. The summed E-state index contributed by atoms with van der Waals surface area (Å²) in [7, 11) is 3.49. The zero-order valence-corrected chi connectivity index (χ0v) is 11.0. The van der Waals surface area contributed by atoms with Crippen LogP contribution < -0.4 is 5.73 Å². The van der Waals surface area contributed by atoms with Gasteiger partial charge in [0.25, 0.3) is 0 Å². The number of ether oxygens (including phenoxy) is 1. The number of rotatable bonds is 2. The summed E-state index contributed by atoms with van der Waals surface area (Å²) in [6, 6.07) is 4.79. The molecule has 1 fully saturated rings. The van der Waals surface area contributed by atoms with Crippen LogP contribution in [0.5, 0.6) is 0 Å². The van der Waals surface area contributed by atoms with E-state index in [0.29, 0.717) is 6.04 Å². The molecule has 0 amide bonds. The lowest BCUT2D eigenvalue weighted by molar-refractivity contribution is -0.138. The van der Waals surface area contributed by atoms with E-state index in [1.165, 1.54) is 32.1 Å². The van der Waals surface area contributed by atoms with Crippen molar-refractivity contribution in [3.05, 3.63) is 30.1 Å². The van der Waals surface area contributed by atoms with E-state index < -0.39 is 0 Å². The van der Waals surface area contributed by atoms with Gasteiger partial charge < -0.3 is 10.5 Å². The maximum atomic E-state index is 9.83. The van der Waals surface area contributed by atoms with Crippen molar-refractivity contribution in [2.24, 2.45) is 5.73 Å². The van der Waals surface area contributed by atoms with Crippen LogP contribution in [0.1, 0.15) is 24.4 Å². The van der Waals surface area contributed by atoms with Crippen LogP contribution in [0.2, 0.25) is 0 Å². The molecular formula is C13H21N3O2. The van der Waals surface area contributed by atoms with Crippen LogP contribution in [0.3, 0.4) is 0 Å². The zero-order chi connectivity index (χ0) is 13.4. The minimum atomic E-state index is -0.380. The molecule has 0 bridgehead atoms. The van der Waals surface area contributed by atoms with E-state index in [1.807, 2.05) is 18.5 Å². The van der Waals surface area contributed by atoms with Crippen molar-refractivity contribution in [3.63, 3.8) is 0 Å². The van der Waals surface area contributed by atoms with Gasteiger partial charge in [0.2, 0.25) is 0 Å². The summed E-state index contributed by atoms with van der Waals surface area (Å²) >= 11 is 0. The molecule has 0 aromatic carbocycles. The maximum Gasteiger partial charge on any atom is 0.319 e. The van der Waals surface area contributed by atoms with Crippen molar-refractivity contribution < 1.29 is 9.53 Å². The Morgan fingerprint density at radius 3 is 2.83 bits per heavy atom. The number of hydrogen-bond acceptors (Lipinski definition) is 5. The van der Waals surface area contributed by atoms with Gasteiger partial charge in [0, 0.05) is 18.4 Å². The van der Waals surface area contributed by atoms with Gasteiger partial charge in [0.15, 0.2) is 0 Å². The Morgan fingerprint density at radius 2 is 2.44 bits per heavy atom. The van der Waals surface area contributed by atoms with Gasteiger partial charge in [0.1, 0.15) is 0 Å². The number of esters is 1. The van der Waals surface area contributed by atoms with Gasteiger partial charge in [-0.25, -0.2) is 0 Å². The summed E-state index contributed by atoms with van der Waals surface area (Å²) in [5.74, 6) is -0.380. The summed E-state index contributed by atoms with van der Waals surface area (Å²) in [5, 5.41) is 0. The SMILES string of the molecule is CN1CCCC1c1cccnc1.COC(=O)CN. The van der Waals surface area contributed by atoms with Crippen LogP contribution in [0.4, 0.5) is 0 Å². The summed E-state index contributed by atoms with van der Waals surface area (Å²) < 4.78 is 4.14. The standard InChI is InChI=1S/C10H14N2.C3H7NO2/c1-12-7-3-5-10(12)9-4-2-6-11-8-9;1-6-3(5)2-4/h2,4,6,8,10H,3,5,7H2,1H3;2,4H2,1H3. The molecule has 5 heteroatoms. The predicted octanol–water partition coefficient (Wildman–Crippen LogP) is 0.966. The number of nitrogens with two attached hydrogens (primary N) is 1. The molecular weight excluding hydrogens is 230 g/mol. The summed E-state index contributed by atoms with van der Waals surface area (Å²) in [4.78, 5) is 16.4. The Bertz CT molecular complexity index is 351. The zero-order valence-electron chi connectivity index (χ0n) is 11.0. The van der Waals surface area contributed by atoms with Crippen molar-refractivity contribution in [2.45, 2.75) is 18.9 Å². The Kier molecular flexibility index (Phi) is 6.32. The van der Waals surface area contributed by atoms with Crippen molar-refractivity contribution in [1.82, 2.24) is 9.88 Å². The van der Waals surface area contributed by atoms with E-state index in [4.69, 9.17) is 5.73 Å². The topological polar surface area (TPSA) is 68.5 Å². The fourth-order valence-electron chi connectivity index (χ4n) is 1.99. The van der Waals surface area contributed by atoms with Gasteiger partial charge in [-0.2, -0.15) is 0 Å². The van der Waals surface area contributed by atoms with E-state index in [0.717, 1.165) is 0 Å². The van der Waals surface area contributed by atoms with Gasteiger partial charge >= 0.3 is 5.97 Å². The van der Waals surface area contributed by atoms with Gasteiger partial charge in [-0.3, -0.25) is 14.7 Å². The quantitative estimate of drug-likeness (QED) is 0.793. The maximum absolute atomic E-state index is 9.83. The van der Waals surface area contributed by atoms with Crippen molar-refractivity contribution >= 4 is 5.97 Å². The molecule has 1 atom stereocenters. The molecule has 0 radical (unpaired) electrons. The molecule has 2 rings (SSSR count). The molecule has 1 aliphatic heterocycles. The first kappa shape index (κ1) is 14.6. The monoisotopic (exact) mass is 251 g/mol. The van der Waals surface area contributed by atoms with Crippen LogP contribution in [-0.2, 0) is 9.53 Å². The molecule has 1 aliphatic rings. The lowest BCUT2D eigenvalue weighted by atomic mass is 10.1. The van der Waals surface area contributed by atoms with Gasteiger partial charge in [-0.15, -0.1) is 0 Å². The highest BCUT2D eigenvalue weighted by atomic mass is 16.5. The number of methoxy groups -OCH3 is 1. The van der Waals surface area contributed by atoms with E-state index in [9.17, 15) is 4.79 Å². The molecule has 5 nitrogen and oxygen atoms in total. The Morgan fingerprint density at radius 1 is 1.67 bits per heavy atom. The number of carbonyl (C=O) groups excluding carboxylic acids is 1.